The van der Waals surface area contributed by atoms with E-state index in [2.05, 4.69) is 30.4 Å². The van der Waals surface area contributed by atoms with Crippen LogP contribution in [0.1, 0.15) is 57.8 Å². The summed E-state index contributed by atoms with van der Waals surface area (Å²) >= 11 is 0. The SMILES string of the molecule is CN(C)C(=O)CCCC=CC[C@H]1[C@@H](C=CCCCCCCO)C=C[C@@H]1O. The predicted molar refractivity (Wildman–Crippen MR) is 108 cm³/mol. The molecule has 0 radical (unpaired) electrons. The zero-order valence-electron chi connectivity index (χ0n) is 16.5. The van der Waals surface area contributed by atoms with E-state index in [1.54, 1.807) is 19.0 Å². The lowest BCUT2D eigenvalue weighted by molar-refractivity contribution is -0.128. The van der Waals surface area contributed by atoms with Crippen molar-refractivity contribution in [3.05, 3.63) is 36.5 Å². The molecule has 0 saturated heterocycles. The summed E-state index contributed by atoms with van der Waals surface area (Å²) in [5, 5.41) is 18.9. The van der Waals surface area contributed by atoms with Crippen molar-refractivity contribution in [2.75, 3.05) is 20.7 Å². The minimum atomic E-state index is -0.367. The van der Waals surface area contributed by atoms with Crippen LogP contribution in [0.15, 0.2) is 36.5 Å². The van der Waals surface area contributed by atoms with E-state index in [9.17, 15) is 9.90 Å². The van der Waals surface area contributed by atoms with Gasteiger partial charge in [-0.3, -0.25) is 4.79 Å². The number of allylic oxidation sites excluding steroid dienone is 5. The first kappa shape index (κ1) is 22.7. The molecular weight excluding hydrogens is 326 g/mol. The molecule has 4 nitrogen and oxygen atoms in total. The molecule has 0 aliphatic heterocycles. The number of hydrogen-bond donors (Lipinski definition) is 2. The van der Waals surface area contributed by atoms with Gasteiger partial charge < -0.3 is 15.1 Å². The van der Waals surface area contributed by atoms with Crippen LogP contribution >= 0.6 is 0 Å². The highest BCUT2D eigenvalue weighted by atomic mass is 16.3. The van der Waals surface area contributed by atoms with Crippen molar-refractivity contribution in [1.29, 1.82) is 0 Å². The average molecular weight is 364 g/mol. The Morgan fingerprint density at radius 1 is 1.00 bits per heavy atom. The van der Waals surface area contributed by atoms with E-state index >= 15 is 0 Å². The van der Waals surface area contributed by atoms with E-state index in [0.29, 0.717) is 18.9 Å². The molecule has 0 fully saturated rings. The van der Waals surface area contributed by atoms with Crippen LogP contribution in [0, 0.1) is 11.8 Å². The van der Waals surface area contributed by atoms with Crippen LogP contribution in [0.2, 0.25) is 0 Å². The Morgan fingerprint density at radius 3 is 2.46 bits per heavy atom. The molecule has 0 aromatic carbocycles. The Bertz CT molecular complexity index is 468. The molecular formula is C22H37NO3. The van der Waals surface area contributed by atoms with Gasteiger partial charge >= 0.3 is 0 Å². The van der Waals surface area contributed by atoms with Gasteiger partial charge in [-0.25, -0.2) is 0 Å². The number of carbonyl (C=O) groups excluding carboxylic acids is 1. The molecule has 4 heteroatoms. The largest absolute Gasteiger partial charge is 0.396 e. The van der Waals surface area contributed by atoms with Crippen molar-refractivity contribution in [3.63, 3.8) is 0 Å². The van der Waals surface area contributed by atoms with Gasteiger partial charge in [0.1, 0.15) is 0 Å². The van der Waals surface area contributed by atoms with E-state index in [0.717, 1.165) is 51.4 Å². The van der Waals surface area contributed by atoms with Crippen molar-refractivity contribution in [2.24, 2.45) is 11.8 Å². The van der Waals surface area contributed by atoms with Crippen LogP contribution in [0.25, 0.3) is 0 Å². The first-order chi connectivity index (χ1) is 12.6. The highest BCUT2D eigenvalue weighted by Crippen LogP contribution is 2.30. The summed E-state index contributed by atoms with van der Waals surface area (Å²) in [6.45, 7) is 0.293. The summed E-state index contributed by atoms with van der Waals surface area (Å²) in [7, 11) is 3.57. The lowest BCUT2D eigenvalue weighted by Gasteiger charge is -2.18. The molecule has 148 valence electrons. The smallest absolute Gasteiger partial charge is 0.222 e. The third-order valence-corrected chi connectivity index (χ3v) is 4.94. The molecule has 0 unspecified atom stereocenters. The number of unbranched alkanes of at least 4 members (excludes halogenated alkanes) is 5. The summed E-state index contributed by atoms with van der Waals surface area (Å²) in [6.07, 6.45) is 21.0. The van der Waals surface area contributed by atoms with E-state index < -0.39 is 0 Å². The number of aliphatic hydroxyl groups excluding tert-OH is 2. The second-order valence-electron chi connectivity index (χ2n) is 7.36. The van der Waals surface area contributed by atoms with E-state index in [-0.39, 0.29) is 17.9 Å². The van der Waals surface area contributed by atoms with Crippen molar-refractivity contribution < 1.29 is 15.0 Å². The fraction of sp³-hybridized carbons (Fsp3) is 0.682. The fourth-order valence-electron chi connectivity index (χ4n) is 3.21. The van der Waals surface area contributed by atoms with Gasteiger partial charge in [-0.2, -0.15) is 0 Å². The van der Waals surface area contributed by atoms with Crippen molar-refractivity contribution >= 4 is 5.91 Å². The van der Waals surface area contributed by atoms with Gasteiger partial charge in [-0.15, -0.1) is 0 Å². The molecule has 0 aromatic heterocycles. The Kier molecular flexibility index (Phi) is 12.0. The summed E-state index contributed by atoms with van der Waals surface area (Å²) in [4.78, 5) is 13.1. The Balaban J connectivity index is 2.24. The minimum absolute atomic E-state index is 0.176. The number of carbonyl (C=O) groups is 1. The number of aliphatic hydroxyl groups is 2. The monoisotopic (exact) mass is 363 g/mol. The molecule has 0 aromatic rings. The topological polar surface area (TPSA) is 60.8 Å². The first-order valence-corrected chi connectivity index (χ1v) is 10.0. The number of amides is 1. The quantitative estimate of drug-likeness (QED) is 0.386. The molecule has 1 rings (SSSR count). The molecule has 0 bridgehead atoms. The van der Waals surface area contributed by atoms with Crippen LogP contribution in [0.3, 0.4) is 0 Å². The fourth-order valence-corrected chi connectivity index (χ4v) is 3.21. The molecule has 0 spiro atoms. The van der Waals surface area contributed by atoms with Gasteiger partial charge in [-0.1, -0.05) is 49.3 Å². The maximum Gasteiger partial charge on any atom is 0.222 e. The molecule has 0 saturated carbocycles. The van der Waals surface area contributed by atoms with Gasteiger partial charge in [0, 0.05) is 39.0 Å². The Morgan fingerprint density at radius 2 is 1.73 bits per heavy atom. The second kappa shape index (κ2) is 13.8. The van der Waals surface area contributed by atoms with E-state index in [4.69, 9.17) is 5.11 Å². The molecule has 3 atom stereocenters. The standard InChI is InChI=1S/C22H37NO3/c1-23(2)22(26)15-11-7-6-10-14-20-19(16-17-21(20)25)13-9-5-3-4-8-12-18-24/h6,9-10,13,16-17,19-21,24-25H,3-5,7-8,11-12,14-15,18H2,1-2H3/t19-,20-,21-/m0/s1. The number of nitrogens with zero attached hydrogens (tertiary/aromatic N) is 1. The lowest BCUT2D eigenvalue weighted by atomic mass is 9.90. The van der Waals surface area contributed by atoms with E-state index in [1.165, 1.54) is 0 Å². The average Bonchev–Trinajstić information content (AvgIpc) is 2.96. The van der Waals surface area contributed by atoms with Crippen LogP contribution in [-0.2, 0) is 4.79 Å². The Hall–Kier alpha value is -1.39. The molecule has 1 amide bonds. The van der Waals surface area contributed by atoms with Crippen molar-refractivity contribution in [1.82, 2.24) is 4.90 Å². The zero-order chi connectivity index (χ0) is 19.2. The zero-order valence-corrected chi connectivity index (χ0v) is 16.5. The van der Waals surface area contributed by atoms with Crippen molar-refractivity contribution in [3.8, 4) is 0 Å². The van der Waals surface area contributed by atoms with Gasteiger partial charge in [-0.05, 0) is 38.5 Å². The van der Waals surface area contributed by atoms with Crippen LogP contribution < -0.4 is 0 Å². The summed E-state index contributed by atoms with van der Waals surface area (Å²) in [5.41, 5.74) is 0. The minimum Gasteiger partial charge on any atom is -0.396 e. The molecule has 0 heterocycles. The first-order valence-electron chi connectivity index (χ1n) is 10.0. The highest BCUT2D eigenvalue weighted by molar-refractivity contribution is 5.75. The third kappa shape index (κ3) is 9.35. The van der Waals surface area contributed by atoms with Crippen LogP contribution in [-0.4, -0.2) is 47.8 Å². The maximum absolute atomic E-state index is 11.5. The number of hydrogen-bond acceptors (Lipinski definition) is 3. The molecule has 1 aliphatic rings. The summed E-state index contributed by atoms with van der Waals surface area (Å²) in [5.74, 6) is 0.707. The predicted octanol–water partition coefficient (Wildman–Crippen LogP) is 3.85. The molecule has 26 heavy (non-hydrogen) atoms. The maximum atomic E-state index is 11.5. The summed E-state index contributed by atoms with van der Waals surface area (Å²) in [6, 6.07) is 0. The normalized spacial score (nSPS) is 22.7. The van der Waals surface area contributed by atoms with Crippen molar-refractivity contribution in [2.45, 2.75) is 63.9 Å². The summed E-state index contributed by atoms with van der Waals surface area (Å²) < 4.78 is 0. The second-order valence-corrected chi connectivity index (χ2v) is 7.36. The van der Waals surface area contributed by atoms with Gasteiger partial charge in [0.2, 0.25) is 5.91 Å². The highest BCUT2D eigenvalue weighted by Gasteiger charge is 2.27. The van der Waals surface area contributed by atoms with Crippen LogP contribution in [0.5, 0.6) is 0 Å². The third-order valence-electron chi connectivity index (χ3n) is 4.94. The number of rotatable bonds is 13. The van der Waals surface area contributed by atoms with Gasteiger partial charge in [0.05, 0.1) is 6.10 Å². The molecule has 2 N–H and O–H groups in total. The van der Waals surface area contributed by atoms with Gasteiger partial charge in [0.25, 0.3) is 0 Å². The Labute approximate surface area is 159 Å². The lowest BCUT2D eigenvalue weighted by Crippen LogP contribution is -2.20. The molecule has 1 aliphatic carbocycles. The van der Waals surface area contributed by atoms with Gasteiger partial charge in [0.15, 0.2) is 0 Å². The van der Waals surface area contributed by atoms with Crippen LogP contribution in [0.4, 0.5) is 0 Å². The van der Waals surface area contributed by atoms with E-state index in [1.807, 2.05) is 6.08 Å².